The number of aliphatic hydroxyl groups is 6. The second-order valence-electron chi connectivity index (χ2n) is 4.89. The van der Waals surface area contributed by atoms with Crippen molar-refractivity contribution in [1.29, 1.82) is 0 Å². The Hall–Kier alpha value is -0.240. The van der Waals surface area contributed by atoms with E-state index in [0.717, 1.165) is 0 Å². The molecule has 94 valence electrons. The summed E-state index contributed by atoms with van der Waals surface area (Å²) >= 11 is 0. The zero-order chi connectivity index (χ0) is 12.1. The number of fused-ring (bicyclic) bond motifs is 1. The molecule has 6 N–H and O–H groups in total. The van der Waals surface area contributed by atoms with Crippen molar-refractivity contribution in [3.63, 3.8) is 0 Å². The minimum absolute atomic E-state index is 0.191. The van der Waals surface area contributed by atoms with Gasteiger partial charge in [-0.3, -0.25) is 0 Å². The quantitative estimate of drug-likeness (QED) is 0.272. The zero-order valence-corrected chi connectivity index (χ0v) is 8.77. The third-order valence-corrected chi connectivity index (χ3v) is 3.97. The molecule has 6 heteroatoms. The van der Waals surface area contributed by atoms with E-state index >= 15 is 0 Å². The second kappa shape index (κ2) is 3.90. The molecule has 2 saturated carbocycles. The highest BCUT2D eigenvalue weighted by Crippen LogP contribution is 2.44. The van der Waals surface area contributed by atoms with Gasteiger partial charge in [-0.15, -0.1) is 0 Å². The molecule has 7 atom stereocenters. The molecular formula is C10H18O6. The summed E-state index contributed by atoms with van der Waals surface area (Å²) < 4.78 is 0. The van der Waals surface area contributed by atoms with Gasteiger partial charge in [0.1, 0.15) is 23.9 Å². The summed E-state index contributed by atoms with van der Waals surface area (Å²) in [6, 6.07) is 0. The molecule has 0 radical (unpaired) electrons. The van der Waals surface area contributed by atoms with E-state index in [1.165, 1.54) is 0 Å². The number of rotatable bonds is 0. The fourth-order valence-electron chi connectivity index (χ4n) is 3.04. The number of hydrogen-bond acceptors (Lipinski definition) is 6. The highest BCUT2D eigenvalue weighted by Gasteiger charge is 2.60. The predicted molar refractivity (Wildman–Crippen MR) is 52.3 cm³/mol. The number of aliphatic hydroxyl groups excluding tert-OH is 5. The van der Waals surface area contributed by atoms with Gasteiger partial charge in [-0.2, -0.15) is 0 Å². The molecule has 16 heavy (non-hydrogen) atoms. The van der Waals surface area contributed by atoms with Gasteiger partial charge in [0.05, 0.1) is 12.2 Å². The lowest BCUT2D eigenvalue weighted by Gasteiger charge is -2.53. The van der Waals surface area contributed by atoms with Crippen LogP contribution in [0.15, 0.2) is 0 Å². The van der Waals surface area contributed by atoms with Gasteiger partial charge in [-0.1, -0.05) is 0 Å². The molecule has 0 aromatic carbocycles. The summed E-state index contributed by atoms with van der Waals surface area (Å²) in [6.45, 7) is 0. The van der Waals surface area contributed by atoms with Gasteiger partial charge in [0.25, 0.3) is 0 Å². The average Bonchev–Trinajstić information content (AvgIpc) is 2.24. The van der Waals surface area contributed by atoms with Crippen molar-refractivity contribution >= 4 is 0 Å². The van der Waals surface area contributed by atoms with Crippen molar-refractivity contribution in [2.45, 2.75) is 55.4 Å². The smallest absolute Gasteiger partial charge is 0.112 e. The Morgan fingerprint density at radius 3 is 2.12 bits per heavy atom. The van der Waals surface area contributed by atoms with E-state index in [1.54, 1.807) is 0 Å². The molecule has 0 amide bonds. The average molecular weight is 234 g/mol. The maximum Gasteiger partial charge on any atom is 0.112 e. The van der Waals surface area contributed by atoms with Crippen LogP contribution in [0.1, 0.15) is 19.3 Å². The second-order valence-corrected chi connectivity index (χ2v) is 4.89. The first-order valence-electron chi connectivity index (χ1n) is 5.52. The molecule has 0 aromatic rings. The Morgan fingerprint density at radius 1 is 0.875 bits per heavy atom. The van der Waals surface area contributed by atoms with Crippen LogP contribution in [0, 0.1) is 5.92 Å². The fraction of sp³-hybridized carbons (Fsp3) is 1.00. The largest absolute Gasteiger partial charge is 0.393 e. The SMILES string of the molecule is O[C@@H]1[C@H](O)[C@@H](O)C2[C@@H](O)CCCC2(O)[C@H]1O. The van der Waals surface area contributed by atoms with Crippen molar-refractivity contribution in [3.05, 3.63) is 0 Å². The molecule has 2 aliphatic rings. The Bertz CT molecular complexity index is 272. The zero-order valence-electron chi connectivity index (χ0n) is 8.77. The van der Waals surface area contributed by atoms with Crippen molar-refractivity contribution in [2.75, 3.05) is 0 Å². The van der Waals surface area contributed by atoms with Crippen LogP contribution in [0.5, 0.6) is 0 Å². The lowest BCUT2D eigenvalue weighted by Crippen LogP contribution is -2.71. The van der Waals surface area contributed by atoms with Gasteiger partial charge in [0.15, 0.2) is 0 Å². The Morgan fingerprint density at radius 2 is 1.50 bits per heavy atom. The van der Waals surface area contributed by atoms with Gasteiger partial charge in [-0.05, 0) is 19.3 Å². The van der Waals surface area contributed by atoms with Gasteiger partial charge < -0.3 is 30.6 Å². The van der Waals surface area contributed by atoms with E-state index < -0.39 is 42.0 Å². The fourth-order valence-corrected chi connectivity index (χ4v) is 3.04. The monoisotopic (exact) mass is 234 g/mol. The molecule has 0 heterocycles. The van der Waals surface area contributed by atoms with Crippen LogP contribution in [0.4, 0.5) is 0 Å². The van der Waals surface area contributed by atoms with Gasteiger partial charge in [0, 0.05) is 5.92 Å². The van der Waals surface area contributed by atoms with E-state index in [9.17, 15) is 30.6 Å². The normalized spacial score (nSPS) is 58.1. The van der Waals surface area contributed by atoms with Crippen LogP contribution in [-0.4, -0.2) is 66.8 Å². The van der Waals surface area contributed by atoms with Crippen molar-refractivity contribution in [1.82, 2.24) is 0 Å². The molecule has 0 saturated heterocycles. The lowest BCUT2D eigenvalue weighted by molar-refractivity contribution is -0.276. The molecule has 2 unspecified atom stereocenters. The van der Waals surface area contributed by atoms with Gasteiger partial charge in [-0.25, -0.2) is 0 Å². The summed E-state index contributed by atoms with van der Waals surface area (Å²) in [5.41, 5.74) is -1.73. The minimum Gasteiger partial charge on any atom is -0.393 e. The number of hydrogen-bond donors (Lipinski definition) is 6. The van der Waals surface area contributed by atoms with Gasteiger partial charge in [0.2, 0.25) is 0 Å². The van der Waals surface area contributed by atoms with E-state index in [-0.39, 0.29) is 6.42 Å². The van der Waals surface area contributed by atoms with Gasteiger partial charge >= 0.3 is 0 Å². The lowest BCUT2D eigenvalue weighted by atomic mass is 9.61. The first kappa shape index (κ1) is 12.2. The van der Waals surface area contributed by atoms with Crippen molar-refractivity contribution in [3.8, 4) is 0 Å². The van der Waals surface area contributed by atoms with E-state index in [0.29, 0.717) is 12.8 Å². The summed E-state index contributed by atoms with van der Waals surface area (Å²) in [5.74, 6) is -1.02. The minimum atomic E-state index is -1.73. The molecule has 2 rings (SSSR count). The van der Waals surface area contributed by atoms with Crippen LogP contribution in [-0.2, 0) is 0 Å². The Balaban J connectivity index is 2.35. The van der Waals surface area contributed by atoms with Crippen LogP contribution in [0.2, 0.25) is 0 Å². The van der Waals surface area contributed by atoms with Crippen LogP contribution in [0.3, 0.4) is 0 Å². The summed E-state index contributed by atoms with van der Waals surface area (Å²) in [4.78, 5) is 0. The predicted octanol–water partition coefficient (Wildman–Crippen LogP) is -2.66. The molecule has 0 bridgehead atoms. The molecule has 0 aliphatic heterocycles. The Labute approximate surface area is 92.8 Å². The summed E-state index contributed by atoms with van der Waals surface area (Å²) in [5, 5.41) is 58.5. The van der Waals surface area contributed by atoms with Crippen molar-refractivity contribution < 1.29 is 30.6 Å². The third-order valence-electron chi connectivity index (χ3n) is 3.97. The van der Waals surface area contributed by atoms with E-state index in [4.69, 9.17) is 0 Å². The molecule has 0 aromatic heterocycles. The first-order chi connectivity index (χ1) is 7.39. The van der Waals surface area contributed by atoms with E-state index in [2.05, 4.69) is 0 Å². The third kappa shape index (κ3) is 1.49. The van der Waals surface area contributed by atoms with Crippen molar-refractivity contribution in [2.24, 2.45) is 5.92 Å². The topological polar surface area (TPSA) is 121 Å². The molecule has 2 fully saturated rings. The highest BCUT2D eigenvalue weighted by molar-refractivity contribution is 5.11. The summed E-state index contributed by atoms with van der Waals surface area (Å²) in [6.07, 6.45) is -6.01. The Kier molecular flexibility index (Phi) is 2.98. The molecular weight excluding hydrogens is 216 g/mol. The summed E-state index contributed by atoms with van der Waals surface area (Å²) in [7, 11) is 0. The highest BCUT2D eigenvalue weighted by atomic mass is 16.4. The maximum atomic E-state index is 10.2. The maximum absolute atomic E-state index is 10.2. The molecule has 0 spiro atoms. The molecule has 6 nitrogen and oxygen atoms in total. The first-order valence-corrected chi connectivity index (χ1v) is 5.52. The van der Waals surface area contributed by atoms with E-state index in [1.807, 2.05) is 0 Å². The van der Waals surface area contributed by atoms with Crippen LogP contribution < -0.4 is 0 Å². The standard InChI is InChI=1S/C10H18O6/c11-4-2-1-3-10(16)5(4)6(12)7(13)8(14)9(10)15/h4-9,11-16H,1-3H2/t4-,5?,6-,7+,8+,9-,10?/m0/s1. The van der Waals surface area contributed by atoms with Crippen LogP contribution in [0.25, 0.3) is 0 Å². The molecule has 2 aliphatic carbocycles. The van der Waals surface area contributed by atoms with Crippen LogP contribution >= 0.6 is 0 Å².